The van der Waals surface area contributed by atoms with Crippen LogP contribution in [0.3, 0.4) is 0 Å². The van der Waals surface area contributed by atoms with Crippen LogP contribution in [-0.2, 0) is 21.2 Å². The quantitative estimate of drug-likeness (QED) is 0.869. The summed E-state index contributed by atoms with van der Waals surface area (Å²) < 4.78 is 22.9. The third-order valence-corrected chi connectivity index (χ3v) is 6.04. The van der Waals surface area contributed by atoms with Gasteiger partial charge in [-0.25, -0.2) is 8.42 Å². The number of carbonyl (C=O) groups excluding carboxylic acids is 2. The van der Waals surface area contributed by atoms with Crippen molar-refractivity contribution in [1.29, 1.82) is 0 Å². The number of hydrogen-bond donors (Lipinski definition) is 1. The molecule has 1 saturated heterocycles. The minimum atomic E-state index is -3.04. The smallest absolute Gasteiger partial charge is 0.255 e. The first-order valence-electron chi connectivity index (χ1n) is 7.27. The van der Waals surface area contributed by atoms with E-state index in [9.17, 15) is 18.0 Å². The molecule has 6 nitrogen and oxygen atoms in total. The van der Waals surface area contributed by atoms with Gasteiger partial charge in [0.05, 0.1) is 11.5 Å². The lowest BCUT2D eigenvalue weighted by molar-refractivity contribution is -0.125. The Balaban J connectivity index is 1.66. The van der Waals surface area contributed by atoms with Gasteiger partial charge in [-0.3, -0.25) is 9.59 Å². The van der Waals surface area contributed by atoms with Gasteiger partial charge < -0.3 is 10.2 Å². The molecular formula is C15H18N2O4S. The van der Waals surface area contributed by atoms with E-state index in [4.69, 9.17) is 0 Å². The van der Waals surface area contributed by atoms with Gasteiger partial charge >= 0.3 is 0 Å². The van der Waals surface area contributed by atoms with Crippen molar-refractivity contribution in [3.8, 4) is 0 Å². The van der Waals surface area contributed by atoms with Crippen molar-refractivity contribution >= 4 is 21.7 Å². The molecule has 2 amide bonds. The molecule has 1 aromatic carbocycles. The van der Waals surface area contributed by atoms with E-state index in [0.29, 0.717) is 18.5 Å². The number of amides is 2. The van der Waals surface area contributed by atoms with E-state index in [-0.39, 0.29) is 29.4 Å². The standard InChI is InChI=1S/C15H18N2O4S/c1-10(14(18)16-12-6-7-22(20,21)9-12)17-8-11-4-2-3-5-13(11)15(17)19/h2-5,10,12H,6-9H2,1H3,(H,16,18)/t10-,12+/m1/s1. The zero-order chi connectivity index (χ0) is 15.9. The van der Waals surface area contributed by atoms with E-state index in [2.05, 4.69) is 5.32 Å². The lowest BCUT2D eigenvalue weighted by Crippen LogP contribution is -2.48. The van der Waals surface area contributed by atoms with Crippen molar-refractivity contribution in [2.24, 2.45) is 0 Å². The summed E-state index contributed by atoms with van der Waals surface area (Å²) in [6, 6.07) is 6.33. The van der Waals surface area contributed by atoms with Gasteiger partial charge in [0, 0.05) is 18.2 Å². The van der Waals surface area contributed by atoms with Gasteiger partial charge in [-0.15, -0.1) is 0 Å². The minimum absolute atomic E-state index is 0.0143. The summed E-state index contributed by atoms with van der Waals surface area (Å²) in [5.41, 5.74) is 1.54. The fourth-order valence-electron chi connectivity index (χ4n) is 2.96. The predicted octanol–water partition coefficient (Wildman–Crippen LogP) is 0.334. The molecule has 22 heavy (non-hydrogen) atoms. The summed E-state index contributed by atoms with van der Waals surface area (Å²) in [6.45, 7) is 2.08. The molecule has 2 atom stereocenters. The topological polar surface area (TPSA) is 83.6 Å². The molecule has 0 spiro atoms. The molecular weight excluding hydrogens is 304 g/mol. The van der Waals surface area contributed by atoms with Crippen molar-refractivity contribution in [2.75, 3.05) is 11.5 Å². The van der Waals surface area contributed by atoms with Crippen LogP contribution >= 0.6 is 0 Å². The van der Waals surface area contributed by atoms with Crippen LogP contribution in [0.1, 0.15) is 29.3 Å². The number of benzene rings is 1. The number of nitrogens with one attached hydrogen (secondary N) is 1. The van der Waals surface area contributed by atoms with Crippen molar-refractivity contribution < 1.29 is 18.0 Å². The van der Waals surface area contributed by atoms with Crippen LogP contribution in [0.25, 0.3) is 0 Å². The second-order valence-electron chi connectivity index (χ2n) is 5.87. The van der Waals surface area contributed by atoms with Crippen LogP contribution in [0.4, 0.5) is 0 Å². The Kier molecular flexibility index (Phi) is 3.68. The number of rotatable bonds is 3. The van der Waals surface area contributed by atoms with Gasteiger partial charge in [0.15, 0.2) is 9.84 Å². The second kappa shape index (κ2) is 5.39. The highest BCUT2D eigenvalue weighted by Gasteiger charge is 2.35. The molecule has 3 rings (SSSR count). The lowest BCUT2D eigenvalue weighted by atomic mass is 10.1. The Hall–Kier alpha value is -1.89. The van der Waals surface area contributed by atoms with Gasteiger partial charge in [-0.2, -0.15) is 0 Å². The lowest BCUT2D eigenvalue weighted by Gasteiger charge is -2.24. The Morgan fingerprint density at radius 2 is 2.09 bits per heavy atom. The summed E-state index contributed by atoms with van der Waals surface area (Å²) >= 11 is 0. The van der Waals surface area contributed by atoms with E-state index < -0.39 is 15.9 Å². The molecule has 1 fully saturated rings. The molecule has 0 unspecified atom stereocenters. The molecule has 1 N–H and O–H groups in total. The van der Waals surface area contributed by atoms with Gasteiger partial charge in [-0.05, 0) is 25.0 Å². The monoisotopic (exact) mass is 322 g/mol. The zero-order valence-corrected chi connectivity index (χ0v) is 13.1. The number of sulfone groups is 1. The van der Waals surface area contributed by atoms with Gasteiger partial charge in [-0.1, -0.05) is 18.2 Å². The zero-order valence-electron chi connectivity index (χ0n) is 12.3. The maximum atomic E-state index is 12.3. The summed E-state index contributed by atoms with van der Waals surface area (Å²) in [7, 11) is -3.04. The molecule has 2 heterocycles. The fraction of sp³-hybridized carbons (Fsp3) is 0.467. The van der Waals surface area contributed by atoms with E-state index in [1.807, 2.05) is 12.1 Å². The SMILES string of the molecule is C[C@H](C(=O)N[C@H]1CCS(=O)(=O)C1)N1Cc2ccccc2C1=O. The Morgan fingerprint density at radius 3 is 2.73 bits per heavy atom. The van der Waals surface area contributed by atoms with E-state index in [0.717, 1.165) is 5.56 Å². The molecule has 0 bridgehead atoms. The fourth-order valence-corrected chi connectivity index (χ4v) is 4.64. The molecule has 0 aliphatic carbocycles. The first-order chi connectivity index (χ1) is 10.4. The van der Waals surface area contributed by atoms with Crippen LogP contribution < -0.4 is 5.32 Å². The third-order valence-electron chi connectivity index (χ3n) is 4.28. The Labute approximate surface area is 129 Å². The largest absolute Gasteiger partial charge is 0.351 e. The average molecular weight is 322 g/mol. The van der Waals surface area contributed by atoms with Gasteiger partial charge in [0.1, 0.15) is 6.04 Å². The Morgan fingerprint density at radius 1 is 1.36 bits per heavy atom. The highest BCUT2D eigenvalue weighted by atomic mass is 32.2. The average Bonchev–Trinajstić information content (AvgIpc) is 2.99. The number of fused-ring (bicyclic) bond motifs is 1. The normalized spacial score (nSPS) is 24.1. The summed E-state index contributed by atoms with van der Waals surface area (Å²) in [6.07, 6.45) is 0.439. The van der Waals surface area contributed by atoms with Crippen LogP contribution in [0.15, 0.2) is 24.3 Å². The summed E-state index contributed by atoms with van der Waals surface area (Å²) in [5, 5.41) is 2.75. The van der Waals surface area contributed by atoms with Gasteiger partial charge in [0.2, 0.25) is 5.91 Å². The van der Waals surface area contributed by atoms with E-state index in [1.165, 1.54) is 4.90 Å². The number of hydrogen-bond acceptors (Lipinski definition) is 4. The maximum Gasteiger partial charge on any atom is 0.255 e. The highest BCUT2D eigenvalue weighted by molar-refractivity contribution is 7.91. The van der Waals surface area contributed by atoms with Crippen molar-refractivity contribution in [2.45, 2.75) is 32.0 Å². The third kappa shape index (κ3) is 2.72. The number of carbonyl (C=O) groups is 2. The molecule has 1 aromatic rings. The maximum absolute atomic E-state index is 12.3. The predicted molar refractivity (Wildman–Crippen MR) is 81.0 cm³/mol. The first kappa shape index (κ1) is 15.0. The second-order valence-corrected chi connectivity index (χ2v) is 8.10. The van der Waals surface area contributed by atoms with Crippen molar-refractivity contribution in [3.63, 3.8) is 0 Å². The summed E-state index contributed by atoms with van der Waals surface area (Å²) in [5.74, 6) is -0.361. The molecule has 0 radical (unpaired) electrons. The van der Waals surface area contributed by atoms with Crippen LogP contribution in [0.2, 0.25) is 0 Å². The van der Waals surface area contributed by atoms with Crippen LogP contribution in [0, 0.1) is 0 Å². The minimum Gasteiger partial charge on any atom is -0.351 e. The van der Waals surface area contributed by atoms with Crippen molar-refractivity contribution in [1.82, 2.24) is 10.2 Å². The molecule has 7 heteroatoms. The first-order valence-corrected chi connectivity index (χ1v) is 9.09. The van der Waals surface area contributed by atoms with Gasteiger partial charge in [0.25, 0.3) is 5.91 Å². The molecule has 0 aromatic heterocycles. The molecule has 2 aliphatic rings. The molecule has 2 aliphatic heterocycles. The van der Waals surface area contributed by atoms with Crippen molar-refractivity contribution in [3.05, 3.63) is 35.4 Å². The van der Waals surface area contributed by atoms with Crippen LogP contribution in [-0.4, -0.2) is 48.7 Å². The Bertz CT molecular complexity index is 729. The van der Waals surface area contributed by atoms with Crippen LogP contribution in [0.5, 0.6) is 0 Å². The van der Waals surface area contributed by atoms with E-state index in [1.54, 1.807) is 19.1 Å². The molecule has 0 saturated carbocycles. The summed E-state index contributed by atoms with van der Waals surface area (Å²) in [4.78, 5) is 26.1. The number of nitrogens with zero attached hydrogens (tertiary/aromatic N) is 1. The molecule has 118 valence electrons. The van der Waals surface area contributed by atoms with E-state index >= 15 is 0 Å². The highest BCUT2D eigenvalue weighted by Crippen LogP contribution is 2.24.